The fourth-order valence-corrected chi connectivity index (χ4v) is 8.69. The van der Waals surface area contributed by atoms with Crippen LogP contribution in [0.25, 0.3) is 0 Å². The van der Waals surface area contributed by atoms with Gasteiger partial charge in [-0.25, -0.2) is 0 Å². The number of aliphatic hydroxyl groups excluding tert-OH is 2. The second-order valence-corrected chi connectivity index (χ2v) is 18.4. The summed E-state index contributed by atoms with van der Waals surface area (Å²) in [6, 6.07) is 0. The molecule has 0 spiro atoms. The van der Waals surface area contributed by atoms with Gasteiger partial charge >= 0.3 is 5.97 Å². The van der Waals surface area contributed by atoms with Crippen LogP contribution in [-0.2, 0) is 19.1 Å². The van der Waals surface area contributed by atoms with Gasteiger partial charge in [0, 0.05) is 19.3 Å². The Labute approximate surface area is 367 Å². The van der Waals surface area contributed by atoms with Crippen LogP contribution in [0.2, 0.25) is 0 Å². The zero-order chi connectivity index (χ0) is 43.3. The minimum absolute atomic E-state index is 0.0611. The van der Waals surface area contributed by atoms with Crippen molar-refractivity contribution in [1.82, 2.24) is 0 Å². The van der Waals surface area contributed by atoms with Gasteiger partial charge in [0.25, 0.3) is 5.60 Å². The molecule has 6 heteroatoms. The maximum Gasteiger partial charge on any atom is 0.307 e. The van der Waals surface area contributed by atoms with Gasteiger partial charge in [0.15, 0.2) is 11.6 Å². The molecule has 0 aromatic heterocycles. The summed E-state index contributed by atoms with van der Waals surface area (Å²) in [5.41, 5.74) is -2.31. The van der Waals surface area contributed by atoms with Crippen molar-refractivity contribution < 1.29 is 29.3 Å². The number of Topliss-reactive ketones (excluding diaryl/α,β-unsaturated/α-hetero) is 2. The zero-order valence-corrected chi connectivity index (χ0v) is 39.9. The van der Waals surface area contributed by atoms with E-state index in [9.17, 15) is 24.6 Å². The van der Waals surface area contributed by atoms with Crippen molar-refractivity contribution in [2.75, 3.05) is 6.61 Å². The van der Waals surface area contributed by atoms with E-state index >= 15 is 0 Å². The summed E-state index contributed by atoms with van der Waals surface area (Å²) in [4.78, 5) is 41.1. The molecule has 0 aliphatic rings. The van der Waals surface area contributed by atoms with Gasteiger partial charge in [-0.1, -0.05) is 265 Å². The highest BCUT2D eigenvalue weighted by atomic mass is 16.6. The summed E-state index contributed by atoms with van der Waals surface area (Å²) >= 11 is 0. The van der Waals surface area contributed by atoms with Crippen LogP contribution in [0.3, 0.4) is 0 Å². The lowest BCUT2D eigenvalue weighted by atomic mass is 9.82. The Hall–Kier alpha value is -1.27. The van der Waals surface area contributed by atoms with E-state index in [1.807, 2.05) is 0 Å². The second-order valence-electron chi connectivity index (χ2n) is 18.4. The molecule has 0 saturated carbocycles. The van der Waals surface area contributed by atoms with E-state index in [4.69, 9.17) is 4.74 Å². The molecule has 0 aromatic carbocycles. The normalized spacial score (nSPS) is 12.3. The summed E-state index contributed by atoms with van der Waals surface area (Å²) in [7, 11) is 0. The molecule has 1 atom stereocenters. The molecular formula is C53H102O6. The molecule has 0 amide bonds. The maximum atomic E-state index is 13.9. The van der Waals surface area contributed by atoms with Crippen LogP contribution >= 0.6 is 0 Å². The first-order chi connectivity index (χ1) is 28.9. The van der Waals surface area contributed by atoms with Crippen molar-refractivity contribution in [3.05, 3.63) is 0 Å². The van der Waals surface area contributed by atoms with E-state index in [0.29, 0.717) is 19.3 Å². The van der Waals surface area contributed by atoms with E-state index in [-0.39, 0.29) is 19.3 Å². The van der Waals surface area contributed by atoms with Gasteiger partial charge in [-0.05, 0) is 19.3 Å². The highest BCUT2D eigenvalue weighted by Gasteiger charge is 2.53. The van der Waals surface area contributed by atoms with E-state index in [1.165, 1.54) is 186 Å². The molecule has 6 nitrogen and oxygen atoms in total. The lowest BCUT2D eigenvalue weighted by Gasteiger charge is -2.34. The molecule has 2 N–H and O–H groups in total. The Balaban J connectivity index is 4.86. The number of carbonyl (C=O) groups is 3. The van der Waals surface area contributed by atoms with Crippen LogP contribution in [0.5, 0.6) is 0 Å². The number of hydrogen-bond acceptors (Lipinski definition) is 6. The van der Waals surface area contributed by atoms with Crippen LogP contribution in [-0.4, -0.2) is 46.1 Å². The molecule has 0 aromatic rings. The summed E-state index contributed by atoms with van der Waals surface area (Å²) in [6.45, 7) is 5.96. The van der Waals surface area contributed by atoms with Gasteiger partial charge < -0.3 is 14.9 Å². The first-order valence-electron chi connectivity index (χ1n) is 26.5. The fourth-order valence-electron chi connectivity index (χ4n) is 8.69. The number of unbranched alkanes of at least 4 members (excludes halogenated alkanes) is 38. The molecule has 1 unspecified atom stereocenters. The largest absolute Gasteiger partial charge is 0.440 e. The minimum Gasteiger partial charge on any atom is -0.440 e. The topological polar surface area (TPSA) is 101 Å². The average molecular weight is 835 g/mol. The summed E-state index contributed by atoms with van der Waals surface area (Å²) in [5, 5.41) is 21.2. The van der Waals surface area contributed by atoms with E-state index < -0.39 is 35.8 Å². The second kappa shape index (κ2) is 44.8. The Morgan fingerprint density at radius 2 is 0.559 bits per heavy atom. The number of ketones is 2. The molecule has 59 heavy (non-hydrogen) atoms. The first kappa shape index (κ1) is 57.7. The summed E-state index contributed by atoms with van der Waals surface area (Å²) < 4.78 is 5.81. The van der Waals surface area contributed by atoms with Gasteiger partial charge in [0.05, 0.1) is 6.61 Å². The number of ether oxygens (including phenoxy) is 1. The average Bonchev–Trinajstić information content (AvgIpc) is 3.24. The van der Waals surface area contributed by atoms with Crippen molar-refractivity contribution in [3.63, 3.8) is 0 Å². The van der Waals surface area contributed by atoms with Gasteiger partial charge in [0.2, 0.25) is 0 Å². The van der Waals surface area contributed by atoms with Crippen LogP contribution in [0, 0.1) is 0 Å². The predicted octanol–water partition coefficient (Wildman–Crippen LogP) is 16.0. The zero-order valence-electron chi connectivity index (χ0n) is 39.9. The monoisotopic (exact) mass is 835 g/mol. The standard InChI is InChI=1S/C53H102O6/c1-4-7-10-13-16-19-22-24-26-28-31-33-36-39-42-45-49(55)53(51(57)48-54,59-52(58)47-44-41-38-35-30-21-18-15-12-9-6-3)50(56)46-43-40-37-34-32-29-27-25-23-20-17-14-11-8-5-2/h51,54,57H,4-48H2,1-3H3. The van der Waals surface area contributed by atoms with Gasteiger partial charge in [-0.2, -0.15) is 0 Å². The smallest absolute Gasteiger partial charge is 0.307 e. The van der Waals surface area contributed by atoms with Crippen LogP contribution < -0.4 is 0 Å². The summed E-state index contributed by atoms with van der Waals surface area (Å²) in [6.07, 6.45) is 47.5. The molecule has 0 fully saturated rings. The highest BCUT2D eigenvalue weighted by molar-refractivity contribution is 6.12. The maximum absolute atomic E-state index is 13.9. The Morgan fingerprint density at radius 3 is 0.780 bits per heavy atom. The lowest BCUT2D eigenvalue weighted by Crippen LogP contribution is -2.60. The van der Waals surface area contributed by atoms with Crippen molar-refractivity contribution in [2.24, 2.45) is 0 Å². The van der Waals surface area contributed by atoms with Gasteiger partial charge in [-0.15, -0.1) is 0 Å². The third-order valence-electron chi connectivity index (χ3n) is 12.7. The van der Waals surface area contributed by atoms with E-state index in [0.717, 1.165) is 57.8 Å². The molecule has 0 aliphatic carbocycles. The summed E-state index contributed by atoms with van der Waals surface area (Å²) in [5.74, 6) is -1.72. The van der Waals surface area contributed by atoms with Crippen LogP contribution in [0.1, 0.15) is 303 Å². The van der Waals surface area contributed by atoms with Crippen molar-refractivity contribution in [1.29, 1.82) is 0 Å². The lowest BCUT2D eigenvalue weighted by molar-refractivity contribution is -0.188. The number of esters is 1. The number of hydrogen-bond donors (Lipinski definition) is 2. The molecule has 0 bridgehead atoms. The molecule has 350 valence electrons. The van der Waals surface area contributed by atoms with Crippen molar-refractivity contribution >= 4 is 17.5 Å². The predicted molar refractivity (Wildman–Crippen MR) is 252 cm³/mol. The molecule has 0 saturated heterocycles. The van der Waals surface area contributed by atoms with Crippen LogP contribution in [0.4, 0.5) is 0 Å². The van der Waals surface area contributed by atoms with E-state index in [1.54, 1.807) is 0 Å². The van der Waals surface area contributed by atoms with Crippen molar-refractivity contribution in [2.45, 2.75) is 315 Å². The SMILES string of the molecule is CCCCCCCCCCCCCCCCCC(=O)C(OC(=O)CCCCCCCCCCCCC)(C(=O)CCCCCCCCCCCCCCCCC)C(O)CO. The third-order valence-corrected chi connectivity index (χ3v) is 12.7. The fraction of sp³-hybridized carbons (Fsp3) is 0.943. The van der Waals surface area contributed by atoms with Gasteiger partial charge in [-0.3, -0.25) is 14.4 Å². The Kier molecular flexibility index (Phi) is 43.8. The molecule has 0 rings (SSSR count). The Morgan fingerprint density at radius 1 is 0.356 bits per heavy atom. The van der Waals surface area contributed by atoms with Gasteiger partial charge in [0.1, 0.15) is 6.10 Å². The molecule has 0 radical (unpaired) electrons. The number of carbonyl (C=O) groups excluding carboxylic acids is 3. The molecular weight excluding hydrogens is 733 g/mol. The third kappa shape index (κ3) is 34.0. The quantitative estimate of drug-likeness (QED) is 0.0360. The minimum atomic E-state index is -2.31. The van der Waals surface area contributed by atoms with Crippen LogP contribution in [0.15, 0.2) is 0 Å². The van der Waals surface area contributed by atoms with Crippen molar-refractivity contribution in [3.8, 4) is 0 Å². The molecule has 0 aliphatic heterocycles. The van der Waals surface area contributed by atoms with E-state index in [2.05, 4.69) is 20.8 Å². The molecule has 0 heterocycles. The number of aliphatic hydroxyl groups is 2. The Bertz CT molecular complexity index is 872. The number of rotatable bonds is 49. The highest BCUT2D eigenvalue weighted by Crippen LogP contribution is 2.28. The first-order valence-corrected chi connectivity index (χ1v) is 26.5.